The Morgan fingerprint density at radius 1 is 1.59 bits per heavy atom. The highest BCUT2D eigenvalue weighted by Crippen LogP contribution is 2.26. The fourth-order valence-corrected chi connectivity index (χ4v) is 1.31. The van der Waals surface area contributed by atoms with E-state index in [0.717, 1.165) is 12.5 Å². The van der Waals surface area contributed by atoms with Gasteiger partial charge in [0.2, 0.25) is 0 Å². The van der Waals surface area contributed by atoms with Gasteiger partial charge in [0.15, 0.2) is 0 Å². The summed E-state index contributed by atoms with van der Waals surface area (Å²) in [6.45, 7) is 3.85. The normalized spacial score (nSPS) is 11.9. The molecule has 2 N–H and O–H groups in total. The summed E-state index contributed by atoms with van der Waals surface area (Å²) in [6, 6.07) is 3.92. The molecule has 1 atom stereocenters. The average Bonchev–Trinajstić information content (AvgIpc) is 2.28. The number of nitrogens with one attached hydrogen (secondary N) is 1. The van der Waals surface area contributed by atoms with Gasteiger partial charge in [-0.05, 0) is 25.5 Å². The van der Waals surface area contributed by atoms with Gasteiger partial charge in [0.1, 0.15) is 5.69 Å². The van der Waals surface area contributed by atoms with E-state index in [1.165, 1.54) is 12.1 Å². The maximum Gasteiger partial charge on any atom is 0.335 e. The molecule has 92 valence electrons. The second-order valence-corrected chi connectivity index (χ2v) is 3.75. The van der Waals surface area contributed by atoms with Crippen LogP contribution in [0.15, 0.2) is 18.2 Å². The molecule has 0 aliphatic rings. The molecule has 0 radical (unpaired) electrons. The first-order valence-corrected chi connectivity index (χ1v) is 5.24. The van der Waals surface area contributed by atoms with Gasteiger partial charge < -0.3 is 10.4 Å². The van der Waals surface area contributed by atoms with Crippen molar-refractivity contribution in [3.63, 3.8) is 0 Å². The van der Waals surface area contributed by atoms with Crippen LogP contribution in [0.5, 0.6) is 0 Å². The van der Waals surface area contributed by atoms with Gasteiger partial charge in [-0.1, -0.05) is 6.92 Å². The fraction of sp³-hybridized carbons (Fsp3) is 0.364. The smallest absolute Gasteiger partial charge is 0.335 e. The second-order valence-electron chi connectivity index (χ2n) is 3.75. The van der Waals surface area contributed by atoms with Gasteiger partial charge >= 0.3 is 5.97 Å². The third-order valence-electron chi connectivity index (χ3n) is 2.46. The number of rotatable bonds is 5. The Hall–Kier alpha value is -2.11. The summed E-state index contributed by atoms with van der Waals surface area (Å²) >= 11 is 0. The van der Waals surface area contributed by atoms with Gasteiger partial charge in [-0.15, -0.1) is 0 Å². The van der Waals surface area contributed by atoms with Crippen LogP contribution in [0.4, 0.5) is 11.4 Å². The molecule has 0 bridgehead atoms. The van der Waals surface area contributed by atoms with Crippen LogP contribution in [0.25, 0.3) is 0 Å². The molecule has 0 aromatic heterocycles. The summed E-state index contributed by atoms with van der Waals surface area (Å²) in [4.78, 5) is 21.0. The zero-order valence-electron chi connectivity index (χ0n) is 9.64. The van der Waals surface area contributed by atoms with Gasteiger partial charge in [0.05, 0.1) is 10.5 Å². The molecule has 0 heterocycles. The molecule has 0 saturated heterocycles. The fourth-order valence-electron chi connectivity index (χ4n) is 1.31. The lowest BCUT2D eigenvalue weighted by Crippen LogP contribution is -2.14. The van der Waals surface area contributed by atoms with E-state index >= 15 is 0 Å². The van der Waals surface area contributed by atoms with Gasteiger partial charge in [0.25, 0.3) is 5.69 Å². The maximum atomic E-state index is 10.8. The van der Waals surface area contributed by atoms with Gasteiger partial charge in [0, 0.05) is 12.1 Å². The van der Waals surface area contributed by atoms with Crippen molar-refractivity contribution >= 4 is 17.3 Å². The SMILES string of the molecule is CC[C@H](C)Nc1ccc(C(=O)O)cc1[N+](=O)[O-]. The first-order chi connectivity index (χ1) is 7.95. The maximum absolute atomic E-state index is 10.8. The lowest BCUT2D eigenvalue weighted by molar-refractivity contribution is -0.384. The monoisotopic (exact) mass is 238 g/mol. The molecule has 17 heavy (non-hydrogen) atoms. The molecule has 1 aromatic carbocycles. The number of nitrogens with zero attached hydrogens (tertiary/aromatic N) is 1. The van der Waals surface area contributed by atoms with Gasteiger partial charge in [-0.25, -0.2) is 4.79 Å². The Morgan fingerprint density at radius 2 is 2.24 bits per heavy atom. The average molecular weight is 238 g/mol. The van der Waals surface area contributed by atoms with E-state index in [9.17, 15) is 14.9 Å². The molecule has 0 amide bonds. The lowest BCUT2D eigenvalue weighted by atomic mass is 10.1. The Labute approximate surface area is 98.4 Å². The van der Waals surface area contributed by atoms with Gasteiger partial charge in [-0.3, -0.25) is 10.1 Å². The molecule has 0 aliphatic carbocycles. The minimum atomic E-state index is -1.18. The van der Waals surface area contributed by atoms with Crippen molar-refractivity contribution in [2.24, 2.45) is 0 Å². The Morgan fingerprint density at radius 3 is 2.71 bits per heavy atom. The standard InChI is InChI=1S/C11H14N2O4/c1-3-7(2)12-9-5-4-8(11(14)15)6-10(9)13(16)17/h4-7,12H,3H2,1-2H3,(H,14,15)/t7-/m0/s1. The highest BCUT2D eigenvalue weighted by Gasteiger charge is 2.17. The van der Waals surface area contributed by atoms with E-state index in [-0.39, 0.29) is 17.3 Å². The van der Waals surface area contributed by atoms with E-state index in [1.807, 2.05) is 13.8 Å². The number of hydrogen-bond donors (Lipinski definition) is 2. The number of carboxylic acid groups (broad SMARTS) is 1. The second kappa shape index (κ2) is 5.29. The van der Waals surface area contributed by atoms with Crippen LogP contribution in [0.2, 0.25) is 0 Å². The predicted octanol–water partition coefficient (Wildman–Crippen LogP) is 2.50. The number of hydrogen-bond acceptors (Lipinski definition) is 4. The van der Waals surface area contributed by atoms with Crippen molar-refractivity contribution < 1.29 is 14.8 Å². The van der Waals surface area contributed by atoms with Crippen molar-refractivity contribution in [3.8, 4) is 0 Å². The number of aromatic carboxylic acids is 1. The summed E-state index contributed by atoms with van der Waals surface area (Å²) in [5.41, 5.74) is 0.0333. The topological polar surface area (TPSA) is 92.5 Å². The third kappa shape index (κ3) is 3.17. The Kier molecular flexibility index (Phi) is 4.03. The minimum Gasteiger partial charge on any atom is -0.478 e. The van der Waals surface area contributed by atoms with E-state index in [4.69, 9.17) is 5.11 Å². The molecule has 0 unspecified atom stereocenters. The number of benzene rings is 1. The van der Waals surface area contributed by atoms with E-state index in [1.54, 1.807) is 0 Å². The van der Waals surface area contributed by atoms with E-state index < -0.39 is 10.9 Å². The van der Waals surface area contributed by atoms with Crippen molar-refractivity contribution in [1.29, 1.82) is 0 Å². The van der Waals surface area contributed by atoms with Gasteiger partial charge in [-0.2, -0.15) is 0 Å². The number of nitro groups is 1. The van der Waals surface area contributed by atoms with Crippen molar-refractivity contribution in [3.05, 3.63) is 33.9 Å². The largest absolute Gasteiger partial charge is 0.478 e. The predicted molar refractivity (Wildman–Crippen MR) is 63.4 cm³/mol. The highest BCUT2D eigenvalue weighted by atomic mass is 16.6. The van der Waals surface area contributed by atoms with E-state index in [2.05, 4.69) is 5.32 Å². The third-order valence-corrected chi connectivity index (χ3v) is 2.46. The summed E-state index contributed by atoms with van der Waals surface area (Å²) in [5.74, 6) is -1.18. The zero-order chi connectivity index (χ0) is 13.0. The van der Waals surface area contributed by atoms with Crippen LogP contribution in [-0.4, -0.2) is 22.0 Å². The first-order valence-electron chi connectivity index (χ1n) is 5.24. The number of anilines is 1. The van der Waals surface area contributed by atoms with Crippen LogP contribution in [0.1, 0.15) is 30.6 Å². The first kappa shape index (κ1) is 13.0. The number of nitro benzene ring substituents is 1. The van der Waals surface area contributed by atoms with Crippen molar-refractivity contribution in [2.75, 3.05) is 5.32 Å². The zero-order valence-corrected chi connectivity index (χ0v) is 9.64. The molecular weight excluding hydrogens is 224 g/mol. The lowest BCUT2D eigenvalue weighted by Gasteiger charge is -2.13. The molecule has 6 nitrogen and oxygen atoms in total. The highest BCUT2D eigenvalue weighted by molar-refractivity contribution is 5.89. The number of carbonyl (C=O) groups is 1. The molecule has 0 saturated carbocycles. The molecule has 0 fully saturated rings. The summed E-state index contributed by atoms with van der Waals surface area (Å²) in [5, 5.41) is 22.6. The van der Waals surface area contributed by atoms with Crippen LogP contribution >= 0.6 is 0 Å². The molecule has 1 rings (SSSR count). The molecule has 0 spiro atoms. The van der Waals surface area contributed by atoms with E-state index in [0.29, 0.717) is 5.69 Å². The van der Waals surface area contributed by atoms with Crippen LogP contribution < -0.4 is 5.32 Å². The van der Waals surface area contributed by atoms with Crippen LogP contribution in [0, 0.1) is 10.1 Å². The summed E-state index contributed by atoms with van der Waals surface area (Å²) in [6.07, 6.45) is 0.817. The Balaban J connectivity index is 3.13. The number of carboxylic acids is 1. The molecule has 1 aromatic rings. The summed E-state index contributed by atoms with van der Waals surface area (Å²) in [7, 11) is 0. The molecule has 6 heteroatoms. The molecular formula is C11H14N2O4. The summed E-state index contributed by atoms with van der Waals surface area (Å²) < 4.78 is 0. The van der Waals surface area contributed by atoms with Crippen LogP contribution in [0.3, 0.4) is 0 Å². The van der Waals surface area contributed by atoms with Crippen molar-refractivity contribution in [1.82, 2.24) is 0 Å². The van der Waals surface area contributed by atoms with Crippen LogP contribution in [-0.2, 0) is 0 Å². The minimum absolute atomic E-state index is 0.0874. The van der Waals surface area contributed by atoms with Crippen molar-refractivity contribution in [2.45, 2.75) is 26.3 Å². The quantitative estimate of drug-likeness (QED) is 0.607. The Bertz CT molecular complexity index is 445. The molecule has 0 aliphatic heterocycles.